The van der Waals surface area contributed by atoms with Gasteiger partial charge in [-0.05, 0) is 56.0 Å². The Hall–Kier alpha value is -3.72. The van der Waals surface area contributed by atoms with E-state index in [9.17, 15) is 22.4 Å². The number of carbonyl (C=O) groups excluding carboxylic acids is 2. The van der Waals surface area contributed by atoms with E-state index in [-0.39, 0.29) is 44.2 Å². The van der Waals surface area contributed by atoms with Crippen molar-refractivity contribution in [1.29, 1.82) is 0 Å². The Labute approximate surface area is 237 Å². The number of nitrogens with one attached hydrogen (secondary N) is 1. The molecule has 1 N–H and O–H groups in total. The summed E-state index contributed by atoms with van der Waals surface area (Å²) < 4.78 is 41.4. The van der Waals surface area contributed by atoms with Crippen LogP contribution >= 0.6 is 0 Å². The number of likely N-dealkylation sites (N-methyl/N-ethyl adjacent to an activating group) is 1. The van der Waals surface area contributed by atoms with Crippen molar-refractivity contribution in [3.8, 4) is 0 Å². The van der Waals surface area contributed by atoms with Crippen LogP contribution in [-0.2, 0) is 32.6 Å². The molecule has 0 aliphatic rings. The Bertz CT molecular complexity index is 1410. The minimum Gasteiger partial charge on any atom is -0.355 e. The fraction of sp³-hybridized carbons (Fsp3) is 0.355. The predicted octanol–water partition coefficient (Wildman–Crippen LogP) is 4.76. The topological polar surface area (TPSA) is 86.8 Å². The van der Waals surface area contributed by atoms with Crippen LogP contribution in [0, 0.1) is 19.7 Å². The Morgan fingerprint density at radius 1 is 0.950 bits per heavy atom. The number of amides is 2. The number of rotatable bonds is 13. The molecular weight excluding hydrogens is 529 g/mol. The first kappa shape index (κ1) is 30.8. The van der Waals surface area contributed by atoms with Gasteiger partial charge >= 0.3 is 0 Å². The molecule has 0 radical (unpaired) electrons. The number of carbonyl (C=O) groups is 2. The number of hydrogen-bond acceptors (Lipinski definition) is 4. The average Bonchev–Trinajstić information content (AvgIpc) is 2.91. The van der Waals surface area contributed by atoms with Gasteiger partial charge in [-0.15, -0.1) is 0 Å². The van der Waals surface area contributed by atoms with Crippen molar-refractivity contribution in [2.45, 2.75) is 52.6 Å². The van der Waals surface area contributed by atoms with Crippen molar-refractivity contribution in [2.24, 2.45) is 0 Å². The van der Waals surface area contributed by atoms with Crippen molar-refractivity contribution in [3.05, 3.63) is 101 Å². The van der Waals surface area contributed by atoms with Gasteiger partial charge < -0.3 is 10.2 Å². The summed E-state index contributed by atoms with van der Waals surface area (Å²) in [6, 6.07) is 20.1. The van der Waals surface area contributed by atoms with Gasteiger partial charge in [0.05, 0.1) is 11.9 Å². The van der Waals surface area contributed by atoms with Crippen LogP contribution in [-0.4, -0.2) is 50.5 Å². The van der Waals surface area contributed by atoms with Crippen LogP contribution in [0.1, 0.15) is 42.0 Å². The lowest BCUT2D eigenvalue weighted by molar-refractivity contribution is -0.141. The zero-order valence-corrected chi connectivity index (χ0v) is 24.4. The molecule has 3 rings (SSSR count). The van der Waals surface area contributed by atoms with E-state index in [1.165, 1.54) is 15.3 Å². The Morgan fingerprint density at radius 2 is 1.62 bits per heavy atom. The zero-order chi connectivity index (χ0) is 29.3. The lowest BCUT2D eigenvalue weighted by atomic mass is 10.0. The molecule has 1 atom stereocenters. The second-order valence-electron chi connectivity index (χ2n) is 9.87. The summed E-state index contributed by atoms with van der Waals surface area (Å²) in [6.45, 7) is 5.96. The molecule has 0 aliphatic carbocycles. The van der Waals surface area contributed by atoms with Crippen LogP contribution < -0.4 is 9.62 Å². The van der Waals surface area contributed by atoms with E-state index in [1.54, 1.807) is 37.3 Å². The number of hydrogen-bond donors (Lipinski definition) is 1. The lowest BCUT2D eigenvalue weighted by Gasteiger charge is -2.32. The summed E-state index contributed by atoms with van der Waals surface area (Å²) in [5, 5.41) is 2.81. The second kappa shape index (κ2) is 14.1. The summed E-state index contributed by atoms with van der Waals surface area (Å²) in [5.74, 6) is -1.15. The van der Waals surface area contributed by atoms with Crippen LogP contribution in [0.25, 0.3) is 0 Å². The molecule has 2 amide bonds. The molecule has 0 heterocycles. The van der Waals surface area contributed by atoms with Gasteiger partial charge in [-0.25, -0.2) is 12.8 Å². The number of sulfonamides is 1. The predicted molar refractivity (Wildman–Crippen MR) is 157 cm³/mol. The van der Waals surface area contributed by atoms with Gasteiger partial charge in [-0.3, -0.25) is 13.9 Å². The maximum Gasteiger partial charge on any atom is 0.243 e. The molecule has 7 nitrogen and oxygen atoms in total. The third-order valence-electron chi connectivity index (χ3n) is 6.92. The first-order valence-corrected chi connectivity index (χ1v) is 15.3. The average molecular weight is 568 g/mol. The molecule has 214 valence electrons. The minimum atomic E-state index is -3.61. The number of aryl methyl sites for hydroxylation is 1. The van der Waals surface area contributed by atoms with Crippen LogP contribution in [0.5, 0.6) is 0 Å². The van der Waals surface area contributed by atoms with E-state index >= 15 is 0 Å². The van der Waals surface area contributed by atoms with Crippen LogP contribution in [0.15, 0.2) is 72.8 Å². The Balaban J connectivity index is 1.89. The fourth-order valence-corrected chi connectivity index (χ4v) is 5.66. The first-order valence-electron chi connectivity index (χ1n) is 13.4. The molecule has 0 aromatic heterocycles. The molecule has 3 aromatic rings. The highest BCUT2D eigenvalue weighted by Crippen LogP contribution is 2.26. The van der Waals surface area contributed by atoms with Gasteiger partial charge in [-0.1, -0.05) is 60.7 Å². The summed E-state index contributed by atoms with van der Waals surface area (Å²) in [5.41, 5.74) is 3.54. The van der Waals surface area contributed by atoms with Crippen molar-refractivity contribution >= 4 is 27.5 Å². The Morgan fingerprint density at radius 3 is 2.27 bits per heavy atom. The lowest BCUT2D eigenvalue weighted by Crippen LogP contribution is -2.50. The molecular formula is C31H38FN3O4S. The molecule has 9 heteroatoms. The van der Waals surface area contributed by atoms with Crippen LogP contribution in [0.2, 0.25) is 0 Å². The van der Waals surface area contributed by atoms with Gasteiger partial charge in [0.2, 0.25) is 21.8 Å². The standard InChI is InChI=1S/C31H38FN3O4S/c1-5-33-31(37)29(21-25-14-7-6-8-15-25)34(22-26-16-9-10-17-27(26)32)30(36)19-12-20-35(40(4,38)39)28-18-11-13-23(2)24(28)3/h6-11,13-18,29H,5,12,19-22H2,1-4H3,(H,33,37)/t29-/m0/s1. The molecule has 0 saturated heterocycles. The molecule has 0 spiro atoms. The number of nitrogens with zero attached hydrogens (tertiary/aromatic N) is 2. The molecule has 0 fully saturated rings. The van der Waals surface area contributed by atoms with E-state index in [2.05, 4.69) is 5.32 Å². The van der Waals surface area contributed by atoms with Crippen molar-refractivity contribution in [1.82, 2.24) is 10.2 Å². The van der Waals surface area contributed by atoms with E-state index < -0.39 is 21.9 Å². The minimum absolute atomic E-state index is 0.0178. The van der Waals surface area contributed by atoms with Gasteiger partial charge in [-0.2, -0.15) is 0 Å². The number of anilines is 1. The van der Waals surface area contributed by atoms with E-state index in [4.69, 9.17) is 0 Å². The Kier molecular flexibility index (Phi) is 10.8. The highest BCUT2D eigenvalue weighted by atomic mass is 32.2. The summed E-state index contributed by atoms with van der Waals surface area (Å²) in [7, 11) is -3.61. The smallest absolute Gasteiger partial charge is 0.243 e. The zero-order valence-electron chi connectivity index (χ0n) is 23.6. The van der Waals surface area contributed by atoms with Gasteiger partial charge in [0.15, 0.2) is 0 Å². The molecule has 40 heavy (non-hydrogen) atoms. The quantitative estimate of drug-likeness (QED) is 0.323. The van der Waals surface area contributed by atoms with E-state index in [1.807, 2.05) is 50.2 Å². The monoisotopic (exact) mass is 567 g/mol. The summed E-state index contributed by atoms with van der Waals surface area (Å²) in [4.78, 5) is 28.4. The highest BCUT2D eigenvalue weighted by Gasteiger charge is 2.31. The highest BCUT2D eigenvalue weighted by molar-refractivity contribution is 7.92. The largest absolute Gasteiger partial charge is 0.355 e. The first-order chi connectivity index (χ1) is 19.0. The van der Waals surface area contributed by atoms with E-state index in [0.29, 0.717) is 17.8 Å². The molecule has 0 saturated carbocycles. The molecule has 3 aromatic carbocycles. The third-order valence-corrected chi connectivity index (χ3v) is 8.10. The maximum atomic E-state index is 14.7. The molecule has 0 unspecified atom stereocenters. The summed E-state index contributed by atoms with van der Waals surface area (Å²) >= 11 is 0. The van der Waals surface area contributed by atoms with Gasteiger partial charge in [0, 0.05) is 38.0 Å². The third kappa shape index (κ3) is 8.14. The molecule has 0 bridgehead atoms. The van der Waals surface area contributed by atoms with Gasteiger partial charge in [0.25, 0.3) is 0 Å². The fourth-order valence-electron chi connectivity index (χ4n) is 4.64. The van der Waals surface area contributed by atoms with Crippen molar-refractivity contribution in [2.75, 3.05) is 23.7 Å². The van der Waals surface area contributed by atoms with Crippen molar-refractivity contribution < 1.29 is 22.4 Å². The SMILES string of the molecule is CCNC(=O)[C@H](Cc1ccccc1)N(Cc1ccccc1F)C(=O)CCCN(c1cccc(C)c1C)S(C)(=O)=O. The van der Waals surface area contributed by atoms with Crippen LogP contribution in [0.3, 0.4) is 0 Å². The number of halogens is 1. The van der Waals surface area contributed by atoms with Crippen LogP contribution in [0.4, 0.5) is 10.1 Å². The van der Waals surface area contributed by atoms with E-state index in [0.717, 1.165) is 22.9 Å². The van der Waals surface area contributed by atoms with Gasteiger partial charge in [0.1, 0.15) is 11.9 Å². The normalized spacial score (nSPS) is 12.0. The van der Waals surface area contributed by atoms with Crippen molar-refractivity contribution in [3.63, 3.8) is 0 Å². The number of benzene rings is 3. The molecule has 0 aliphatic heterocycles. The summed E-state index contributed by atoms with van der Waals surface area (Å²) in [6.07, 6.45) is 1.60. The second-order valence-corrected chi connectivity index (χ2v) is 11.8. The maximum absolute atomic E-state index is 14.7.